The van der Waals surface area contributed by atoms with E-state index in [1.165, 1.54) is 12.1 Å². The number of unbranched alkanes of at least 4 members (excludes halogenated alkanes) is 6. The topological polar surface area (TPSA) is 145 Å². The number of aromatic amines is 1. The molecule has 2 bridgehead atoms. The number of aliphatic hydroxyl groups is 1. The van der Waals surface area contributed by atoms with Gasteiger partial charge in [0, 0.05) is 24.5 Å². The minimum absolute atomic E-state index is 0.0133. The Morgan fingerprint density at radius 1 is 0.906 bits per heavy atom. The Morgan fingerprint density at radius 2 is 1.66 bits per heavy atom. The van der Waals surface area contributed by atoms with Crippen molar-refractivity contribution in [3.63, 3.8) is 0 Å². The molecule has 3 aromatic carbocycles. The van der Waals surface area contributed by atoms with E-state index >= 15 is 0 Å². The van der Waals surface area contributed by atoms with Gasteiger partial charge < -0.3 is 40.0 Å². The normalized spacial score (nSPS) is 19.1. The molecule has 1 amide bonds. The fourth-order valence-corrected chi connectivity index (χ4v) is 7.64. The lowest BCUT2D eigenvalue weighted by molar-refractivity contribution is -0.0336. The quantitative estimate of drug-likeness (QED) is 0.0677. The summed E-state index contributed by atoms with van der Waals surface area (Å²) in [5.41, 5.74) is 2.57. The van der Waals surface area contributed by atoms with Crippen LogP contribution in [0.1, 0.15) is 86.6 Å². The van der Waals surface area contributed by atoms with E-state index < -0.39 is 18.2 Å². The van der Waals surface area contributed by atoms with Crippen LogP contribution in [-0.4, -0.2) is 78.7 Å². The Balaban J connectivity index is 0.895. The van der Waals surface area contributed by atoms with Crippen molar-refractivity contribution in [1.82, 2.24) is 20.5 Å². The standard InChI is InChI=1S/C42H54N4O7/c1-51-36-18-14-31(40(30-12-8-7-9-13-30)45-42(50)53-38-28-46-23-20-29(38)21-24-46)26-37(36)52-25-11-6-4-2-3-5-10-22-43-27-35(48)32-15-17-34(47)41-33(32)16-19-39(49)44-41/h7-9,12-19,26,29,35,38,40,43,47-48H,2-6,10-11,20-25,27-28H2,1H3,(H,44,49)(H,45,50)/t35-,38+,40?/m1/s1. The summed E-state index contributed by atoms with van der Waals surface area (Å²) in [6.45, 7) is 4.77. The van der Waals surface area contributed by atoms with Crippen LogP contribution in [0, 0.1) is 5.92 Å². The molecule has 0 saturated carbocycles. The first kappa shape index (κ1) is 38.2. The molecule has 3 aliphatic heterocycles. The molecule has 3 atom stereocenters. The molecule has 3 fully saturated rings. The van der Waals surface area contributed by atoms with Gasteiger partial charge >= 0.3 is 6.09 Å². The monoisotopic (exact) mass is 726 g/mol. The summed E-state index contributed by atoms with van der Waals surface area (Å²) < 4.78 is 17.9. The number of piperidine rings is 3. The van der Waals surface area contributed by atoms with Crippen LogP contribution in [0.4, 0.5) is 4.79 Å². The lowest BCUT2D eigenvalue weighted by Gasteiger charge is -2.43. The molecule has 1 unspecified atom stereocenters. The summed E-state index contributed by atoms with van der Waals surface area (Å²) in [6.07, 6.45) is 8.50. The largest absolute Gasteiger partial charge is 0.506 e. The number of phenols is 1. The molecule has 11 nitrogen and oxygen atoms in total. The molecule has 0 aliphatic carbocycles. The zero-order valence-electron chi connectivity index (χ0n) is 30.7. The molecule has 4 aromatic rings. The Labute approximate surface area is 311 Å². The molecule has 284 valence electrons. The number of fused-ring (bicyclic) bond motifs is 4. The number of ether oxygens (including phenoxy) is 3. The third-order valence-corrected chi connectivity index (χ3v) is 10.6. The summed E-state index contributed by atoms with van der Waals surface area (Å²) in [5, 5.41) is 27.9. The summed E-state index contributed by atoms with van der Waals surface area (Å²) in [4.78, 5) is 29.9. The fourth-order valence-electron chi connectivity index (χ4n) is 7.64. The van der Waals surface area contributed by atoms with Crippen LogP contribution in [0.25, 0.3) is 10.9 Å². The molecule has 3 saturated heterocycles. The first-order chi connectivity index (χ1) is 25.9. The first-order valence-corrected chi connectivity index (χ1v) is 19.2. The number of carbonyl (C=O) groups excluding carboxylic acids is 1. The smallest absolute Gasteiger partial charge is 0.408 e. The Hall–Kier alpha value is -4.58. The number of pyridine rings is 1. The van der Waals surface area contributed by atoms with E-state index in [0.29, 0.717) is 47.0 Å². The Morgan fingerprint density at radius 3 is 2.40 bits per heavy atom. The molecule has 0 radical (unpaired) electrons. The SMILES string of the molecule is COc1ccc(C(NC(=O)O[C@H]2CN3CCC2CC3)c2ccccc2)cc1OCCCCCCCCCNC[C@@H](O)c1ccc(O)c2[nH]c(=O)ccc12. The van der Waals surface area contributed by atoms with Crippen LogP contribution < -0.4 is 25.7 Å². The van der Waals surface area contributed by atoms with E-state index in [4.69, 9.17) is 14.2 Å². The number of H-pyrrole nitrogens is 1. The van der Waals surface area contributed by atoms with Gasteiger partial charge in [-0.2, -0.15) is 0 Å². The molecule has 1 aromatic heterocycles. The van der Waals surface area contributed by atoms with Gasteiger partial charge in [-0.3, -0.25) is 9.69 Å². The zero-order chi connectivity index (χ0) is 37.0. The van der Waals surface area contributed by atoms with E-state index in [1.807, 2.05) is 48.5 Å². The number of nitrogens with one attached hydrogen (secondary N) is 3. The third kappa shape index (κ3) is 10.3. The maximum Gasteiger partial charge on any atom is 0.408 e. The fraction of sp³-hybridized carbons (Fsp3) is 0.476. The van der Waals surface area contributed by atoms with Crippen molar-refractivity contribution < 1.29 is 29.2 Å². The van der Waals surface area contributed by atoms with Gasteiger partial charge in [0.15, 0.2) is 11.5 Å². The average molecular weight is 727 g/mol. The minimum atomic E-state index is -0.751. The van der Waals surface area contributed by atoms with Crippen LogP contribution in [0.3, 0.4) is 0 Å². The van der Waals surface area contributed by atoms with Crippen LogP contribution in [0.5, 0.6) is 17.2 Å². The van der Waals surface area contributed by atoms with Crippen LogP contribution in [0.2, 0.25) is 0 Å². The molecule has 7 rings (SSSR count). The third-order valence-electron chi connectivity index (χ3n) is 10.6. The number of benzene rings is 3. The maximum absolute atomic E-state index is 13.2. The number of aromatic nitrogens is 1. The van der Waals surface area contributed by atoms with Crippen molar-refractivity contribution in [3.8, 4) is 17.2 Å². The zero-order valence-corrected chi connectivity index (χ0v) is 30.7. The number of methoxy groups -OCH3 is 1. The van der Waals surface area contributed by atoms with Gasteiger partial charge in [-0.1, -0.05) is 74.6 Å². The minimum Gasteiger partial charge on any atom is -0.506 e. The van der Waals surface area contributed by atoms with E-state index in [2.05, 4.69) is 20.5 Å². The summed E-state index contributed by atoms with van der Waals surface area (Å²) >= 11 is 0. The van der Waals surface area contributed by atoms with Gasteiger partial charge in [0.05, 0.1) is 31.4 Å². The number of hydrogen-bond acceptors (Lipinski definition) is 9. The van der Waals surface area contributed by atoms with Gasteiger partial charge in [0.2, 0.25) is 5.56 Å². The van der Waals surface area contributed by atoms with Crippen molar-refractivity contribution >= 4 is 17.0 Å². The van der Waals surface area contributed by atoms with Crippen LogP contribution >= 0.6 is 0 Å². The lowest BCUT2D eigenvalue weighted by atomic mass is 9.86. The number of carbonyl (C=O) groups is 1. The van der Waals surface area contributed by atoms with Gasteiger partial charge in [0.1, 0.15) is 11.9 Å². The molecular formula is C42H54N4O7. The number of aliphatic hydroxyl groups excluding tert-OH is 1. The predicted molar refractivity (Wildman–Crippen MR) is 206 cm³/mol. The van der Waals surface area contributed by atoms with Crippen LogP contribution in [0.15, 0.2) is 77.6 Å². The van der Waals surface area contributed by atoms with E-state index in [9.17, 15) is 19.8 Å². The molecule has 53 heavy (non-hydrogen) atoms. The second-order valence-electron chi connectivity index (χ2n) is 14.3. The Bertz CT molecular complexity index is 1830. The van der Waals surface area contributed by atoms with E-state index in [0.717, 1.165) is 95.1 Å². The summed E-state index contributed by atoms with van der Waals surface area (Å²) in [6, 6.07) is 21.6. The molecule has 0 spiro atoms. The van der Waals surface area contributed by atoms with Crippen molar-refractivity contribution in [1.29, 1.82) is 0 Å². The predicted octanol–water partition coefficient (Wildman–Crippen LogP) is 6.58. The maximum atomic E-state index is 13.2. The first-order valence-electron chi connectivity index (χ1n) is 19.2. The molecule has 4 heterocycles. The van der Waals surface area contributed by atoms with Crippen molar-refractivity contribution in [2.24, 2.45) is 5.92 Å². The molecular weight excluding hydrogens is 672 g/mol. The second-order valence-corrected chi connectivity index (χ2v) is 14.3. The summed E-state index contributed by atoms with van der Waals surface area (Å²) in [5.74, 6) is 1.74. The number of hydrogen-bond donors (Lipinski definition) is 5. The van der Waals surface area contributed by atoms with Crippen molar-refractivity contribution in [2.75, 3.05) is 46.4 Å². The summed E-state index contributed by atoms with van der Waals surface area (Å²) in [7, 11) is 1.64. The number of phenolic OH excluding ortho intramolecular Hbond substituents is 1. The number of aromatic hydroxyl groups is 1. The van der Waals surface area contributed by atoms with Crippen LogP contribution in [-0.2, 0) is 4.74 Å². The highest BCUT2D eigenvalue weighted by Gasteiger charge is 2.37. The average Bonchev–Trinajstić information content (AvgIpc) is 3.18. The van der Waals surface area contributed by atoms with Crippen molar-refractivity contribution in [3.05, 3.63) is 99.8 Å². The van der Waals surface area contributed by atoms with Gasteiger partial charge in [-0.15, -0.1) is 0 Å². The highest BCUT2D eigenvalue weighted by Crippen LogP contribution is 2.34. The van der Waals surface area contributed by atoms with Gasteiger partial charge in [0.25, 0.3) is 0 Å². The van der Waals surface area contributed by atoms with Gasteiger partial charge in [-0.25, -0.2) is 4.79 Å². The second kappa shape index (κ2) is 19.0. The van der Waals surface area contributed by atoms with E-state index in [1.54, 1.807) is 19.2 Å². The number of rotatable bonds is 19. The molecule has 5 N–H and O–H groups in total. The van der Waals surface area contributed by atoms with E-state index in [-0.39, 0.29) is 17.4 Å². The van der Waals surface area contributed by atoms with Crippen molar-refractivity contribution in [2.45, 2.75) is 76.0 Å². The lowest BCUT2D eigenvalue weighted by Crippen LogP contribution is -2.52. The Kier molecular flexibility index (Phi) is 13.6. The highest BCUT2D eigenvalue weighted by atomic mass is 16.6. The molecule has 3 aliphatic rings. The molecule has 11 heteroatoms. The number of alkyl carbamates (subject to hydrolysis) is 1. The number of nitrogens with zero attached hydrogens (tertiary/aromatic N) is 1. The number of amides is 1. The highest BCUT2D eigenvalue weighted by molar-refractivity contribution is 5.87. The van der Waals surface area contributed by atoms with Gasteiger partial charge in [-0.05, 0) is 92.2 Å².